The Kier molecular flexibility index (Phi) is 42.8. The van der Waals surface area contributed by atoms with Crippen LogP contribution in [0.5, 0.6) is 0 Å². The van der Waals surface area contributed by atoms with Crippen molar-refractivity contribution >= 4 is 17.9 Å². The smallest absolute Gasteiger partial charge is 0.306 e. The van der Waals surface area contributed by atoms with Gasteiger partial charge in [-0.25, -0.2) is 0 Å². The maximum Gasteiger partial charge on any atom is 0.306 e. The molecule has 0 aromatic rings. The van der Waals surface area contributed by atoms with Gasteiger partial charge in [-0.3, -0.25) is 9.59 Å². The Morgan fingerprint density at radius 3 is 1.20 bits per heavy atom. The summed E-state index contributed by atoms with van der Waals surface area (Å²) < 4.78 is 17.2. The van der Waals surface area contributed by atoms with Crippen LogP contribution in [0.4, 0.5) is 0 Å². The Hall–Kier alpha value is -2.19. The lowest BCUT2D eigenvalue weighted by Gasteiger charge is -2.34. The lowest BCUT2D eigenvalue weighted by molar-refractivity contribution is -0.889. The molecule has 0 aromatic carbocycles. The molecule has 8 heteroatoms. The summed E-state index contributed by atoms with van der Waals surface area (Å²) >= 11 is 0. The van der Waals surface area contributed by atoms with E-state index in [0.29, 0.717) is 12.8 Å². The number of quaternary nitrogens is 1. The Labute approximate surface area is 377 Å². The Morgan fingerprint density at radius 1 is 0.475 bits per heavy atom. The Morgan fingerprint density at radius 2 is 0.820 bits per heavy atom. The third-order valence-corrected chi connectivity index (χ3v) is 11.8. The van der Waals surface area contributed by atoms with Crippen LogP contribution < -0.4 is 5.11 Å². The van der Waals surface area contributed by atoms with Gasteiger partial charge in [0.15, 0.2) is 6.10 Å². The average molecular weight is 862 g/mol. The molecule has 358 valence electrons. The average Bonchev–Trinajstić information content (AvgIpc) is 3.22. The van der Waals surface area contributed by atoms with Crippen molar-refractivity contribution < 1.29 is 38.2 Å². The quantitative estimate of drug-likeness (QED) is 0.0260. The molecular formula is C53H99NO7. The summed E-state index contributed by atoms with van der Waals surface area (Å²) in [6.45, 7) is 4.68. The van der Waals surface area contributed by atoms with E-state index in [4.69, 9.17) is 14.2 Å². The topological polar surface area (TPSA) is 102 Å². The van der Waals surface area contributed by atoms with Crippen LogP contribution in [0, 0.1) is 0 Å². The lowest BCUT2D eigenvalue weighted by atomic mass is 10.0. The van der Waals surface area contributed by atoms with E-state index < -0.39 is 18.1 Å². The van der Waals surface area contributed by atoms with E-state index in [-0.39, 0.29) is 42.7 Å². The Balaban J connectivity index is 4.22. The highest BCUT2D eigenvalue weighted by Crippen LogP contribution is 2.15. The number of hydrogen-bond donors (Lipinski definition) is 0. The molecule has 0 bridgehead atoms. The monoisotopic (exact) mass is 862 g/mol. The first-order valence-electron chi connectivity index (χ1n) is 25.9. The van der Waals surface area contributed by atoms with E-state index in [0.717, 1.165) is 38.5 Å². The van der Waals surface area contributed by atoms with Crippen LogP contribution in [0.25, 0.3) is 0 Å². The first-order chi connectivity index (χ1) is 29.6. The van der Waals surface area contributed by atoms with Gasteiger partial charge < -0.3 is 28.6 Å². The van der Waals surface area contributed by atoms with Crippen molar-refractivity contribution in [3.63, 3.8) is 0 Å². The van der Waals surface area contributed by atoms with Crippen molar-refractivity contribution in [3.8, 4) is 0 Å². The van der Waals surface area contributed by atoms with Crippen molar-refractivity contribution in [2.75, 3.05) is 41.0 Å². The standard InChI is InChI=1S/C53H99NO7/c1-6-8-10-12-14-16-18-20-22-23-24-25-26-27-28-30-32-34-36-38-40-42-44-52(56)61-49(47-59-46-45-50(53(57)58)54(3,4)5)48-60-51(55)43-41-39-37-35-33-31-29-21-19-17-15-13-11-9-7-2/h17,19,26-27,49-50H,6-16,18,20-25,28-48H2,1-5H3/b19-17+,27-26+. The van der Waals surface area contributed by atoms with Crippen LogP contribution >= 0.6 is 0 Å². The van der Waals surface area contributed by atoms with Gasteiger partial charge in [-0.15, -0.1) is 0 Å². The number of allylic oxidation sites excluding steroid dienone is 4. The van der Waals surface area contributed by atoms with Gasteiger partial charge in [0.25, 0.3) is 0 Å². The van der Waals surface area contributed by atoms with Gasteiger partial charge in [-0.2, -0.15) is 0 Å². The number of carbonyl (C=O) groups excluding carboxylic acids is 3. The van der Waals surface area contributed by atoms with E-state index in [1.54, 1.807) is 21.1 Å². The highest BCUT2D eigenvalue weighted by molar-refractivity contribution is 5.70. The number of carbonyl (C=O) groups is 3. The van der Waals surface area contributed by atoms with Gasteiger partial charge in [0.1, 0.15) is 12.6 Å². The molecule has 0 saturated carbocycles. The maximum atomic E-state index is 12.8. The zero-order valence-corrected chi connectivity index (χ0v) is 40.8. The molecule has 0 radical (unpaired) electrons. The second-order valence-corrected chi connectivity index (χ2v) is 18.8. The van der Waals surface area contributed by atoms with Crippen molar-refractivity contribution in [2.45, 2.75) is 257 Å². The van der Waals surface area contributed by atoms with Crippen molar-refractivity contribution in [1.29, 1.82) is 0 Å². The molecule has 0 aliphatic carbocycles. The second-order valence-electron chi connectivity index (χ2n) is 18.8. The summed E-state index contributed by atoms with van der Waals surface area (Å²) in [7, 11) is 5.42. The van der Waals surface area contributed by atoms with Crippen molar-refractivity contribution in [3.05, 3.63) is 24.3 Å². The van der Waals surface area contributed by atoms with Crippen LogP contribution in [0.15, 0.2) is 24.3 Å². The third kappa shape index (κ3) is 42.9. The summed E-state index contributed by atoms with van der Waals surface area (Å²) in [6, 6.07) is -0.725. The zero-order chi connectivity index (χ0) is 44.9. The van der Waals surface area contributed by atoms with Crippen LogP contribution in [0.2, 0.25) is 0 Å². The van der Waals surface area contributed by atoms with Crippen LogP contribution in [-0.4, -0.2) is 75.5 Å². The zero-order valence-electron chi connectivity index (χ0n) is 40.8. The van der Waals surface area contributed by atoms with Gasteiger partial charge in [0.2, 0.25) is 0 Å². The fraction of sp³-hybridized carbons (Fsp3) is 0.868. The lowest BCUT2D eigenvalue weighted by Crippen LogP contribution is -2.55. The predicted octanol–water partition coefficient (Wildman–Crippen LogP) is 13.5. The molecule has 0 heterocycles. The largest absolute Gasteiger partial charge is 0.544 e. The number of rotatable bonds is 47. The number of aliphatic carboxylic acids is 1. The van der Waals surface area contributed by atoms with Gasteiger partial charge in [-0.1, -0.05) is 186 Å². The normalized spacial score (nSPS) is 13.0. The predicted molar refractivity (Wildman–Crippen MR) is 254 cm³/mol. The molecule has 2 atom stereocenters. The summed E-state index contributed by atoms with van der Waals surface area (Å²) in [5, 5.41) is 11.7. The van der Waals surface area contributed by atoms with E-state index in [1.165, 1.54) is 173 Å². The molecule has 0 saturated heterocycles. The van der Waals surface area contributed by atoms with Crippen LogP contribution in [-0.2, 0) is 28.6 Å². The number of hydrogen-bond acceptors (Lipinski definition) is 7. The molecule has 0 spiro atoms. The van der Waals surface area contributed by atoms with Crippen LogP contribution in [0.1, 0.15) is 245 Å². The first kappa shape index (κ1) is 58.8. The van der Waals surface area contributed by atoms with Gasteiger partial charge in [0.05, 0.1) is 40.3 Å². The summed E-state index contributed by atoms with van der Waals surface area (Å²) in [6.07, 6.45) is 50.6. The number of unbranched alkanes of at least 4 members (excludes halogenated alkanes) is 29. The molecule has 61 heavy (non-hydrogen) atoms. The summed E-state index contributed by atoms with van der Waals surface area (Å²) in [5.74, 6) is -1.73. The van der Waals surface area contributed by atoms with Crippen LogP contribution in [0.3, 0.4) is 0 Å². The molecule has 0 fully saturated rings. The molecule has 0 aliphatic rings. The molecule has 0 aliphatic heterocycles. The van der Waals surface area contributed by atoms with E-state index in [2.05, 4.69) is 38.2 Å². The summed E-state index contributed by atoms with van der Waals surface area (Å²) in [5.41, 5.74) is 0. The fourth-order valence-electron chi connectivity index (χ4n) is 7.77. The molecular weight excluding hydrogens is 763 g/mol. The van der Waals surface area contributed by atoms with E-state index >= 15 is 0 Å². The minimum atomic E-state index is -1.12. The molecule has 0 aromatic heterocycles. The number of esters is 2. The SMILES string of the molecule is CCCCCC/C=C/CCCCCCCCCC(=O)OCC(COCCC(C(=O)[O-])[N+](C)(C)C)OC(=O)CCCCCCCCC/C=C/CCCCCCCCCCCCC. The number of nitrogens with zero attached hydrogens (tertiary/aromatic N) is 1. The molecule has 2 unspecified atom stereocenters. The first-order valence-corrected chi connectivity index (χ1v) is 25.9. The molecule has 0 rings (SSSR count). The minimum absolute atomic E-state index is 0.0409. The van der Waals surface area contributed by atoms with Crippen molar-refractivity contribution in [2.24, 2.45) is 0 Å². The molecule has 8 nitrogen and oxygen atoms in total. The molecule has 0 amide bonds. The van der Waals surface area contributed by atoms with E-state index in [1.807, 2.05) is 0 Å². The van der Waals surface area contributed by atoms with Gasteiger partial charge in [0, 0.05) is 19.3 Å². The van der Waals surface area contributed by atoms with Gasteiger partial charge in [-0.05, 0) is 64.2 Å². The number of likely N-dealkylation sites (N-methyl/N-ethyl adjacent to an activating group) is 1. The number of carboxylic acid groups (broad SMARTS) is 1. The maximum absolute atomic E-state index is 12.8. The van der Waals surface area contributed by atoms with Gasteiger partial charge >= 0.3 is 11.9 Å². The highest BCUT2D eigenvalue weighted by Gasteiger charge is 2.25. The minimum Gasteiger partial charge on any atom is -0.544 e. The van der Waals surface area contributed by atoms with E-state index in [9.17, 15) is 19.5 Å². The third-order valence-electron chi connectivity index (χ3n) is 11.8. The second kappa shape index (κ2) is 44.4. The van der Waals surface area contributed by atoms with Crippen molar-refractivity contribution in [1.82, 2.24) is 0 Å². The number of ether oxygens (including phenoxy) is 3. The molecule has 0 N–H and O–H groups in total. The fourth-order valence-corrected chi connectivity index (χ4v) is 7.77. The highest BCUT2D eigenvalue weighted by atomic mass is 16.6. The Bertz CT molecular complexity index is 1050. The summed E-state index contributed by atoms with van der Waals surface area (Å²) in [4.78, 5) is 37.0. The number of carboxylic acids is 1.